The molecule has 5 nitrogen and oxygen atoms in total. The second kappa shape index (κ2) is 5.66. The molecular weight excluding hydrogens is 205 g/mol. The van der Waals surface area contributed by atoms with Gasteiger partial charge in [-0.3, -0.25) is 9.69 Å². The van der Waals surface area contributed by atoms with Crippen LogP contribution in [0, 0.1) is 5.92 Å². The highest BCUT2D eigenvalue weighted by atomic mass is 16.4. The van der Waals surface area contributed by atoms with E-state index < -0.39 is 11.5 Å². The summed E-state index contributed by atoms with van der Waals surface area (Å²) >= 11 is 0. The van der Waals surface area contributed by atoms with Crippen LogP contribution in [0.4, 0.5) is 0 Å². The summed E-state index contributed by atoms with van der Waals surface area (Å²) in [5.41, 5.74) is 10.4. The highest BCUT2D eigenvalue weighted by molar-refractivity contribution is 6.08. The van der Waals surface area contributed by atoms with Gasteiger partial charge in [0, 0.05) is 32.1 Å². The summed E-state index contributed by atoms with van der Waals surface area (Å²) < 4.78 is 0. The molecule has 0 unspecified atom stereocenters. The molecule has 0 aliphatic carbocycles. The molecule has 5 N–H and O–H groups in total. The zero-order chi connectivity index (χ0) is 12.2. The van der Waals surface area contributed by atoms with Gasteiger partial charge < -0.3 is 16.6 Å². The van der Waals surface area contributed by atoms with Crippen molar-refractivity contribution in [2.24, 2.45) is 17.4 Å². The summed E-state index contributed by atoms with van der Waals surface area (Å²) in [6.45, 7) is 2.47. The summed E-state index contributed by atoms with van der Waals surface area (Å²) in [5.74, 6) is -0.829. The van der Waals surface area contributed by atoms with Gasteiger partial charge in [-0.2, -0.15) is 0 Å². The van der Waals surface area contributed by atoms with Crippen LogP contribution < -0.4 is 11.5 Å². The molecule has 0 saturated carbocycles. The molecule has 0 spiro atoms. The van der Waals surface area contributed by atoms with Crippen LogP contribution in [0.2, 0.25) is 6.32 Å². The molecule has 2 atom stereocenters. The molecule has 0 amide bonds. The molecule has 1 aliphatic rings. The van der Waals surface area contributed by atoms with E-state index in [1.54, 1.807) is 0 Å². The molecule has 1 fully saturated rings. The smallest absolute Gasteiger partial charge is 0.325 e. The fourth-order valence-electron chi connectivity index (χ4n) is 2.43. The number of likely N-dealkylation sites (tertiary alicyclic amines) is 1. The number of hydrogen-bond acceptors (Lipinski definition) is 4. The maximum atomic E-state index is 11.3. The Balaban J connectivity index is 2.67. The first-order valence-corrected chi connectivity index (χ1v) is 5.99. The Hall–Kier alpha value is -0.585. The van der Waals surface area contributed by atoms with Gasteiger partial charge in [-0.1, -0.05) is 12.7 Å². The van der Waals surface area contributed by atoms with Crippen molar-refractivity contribution in [3.63, 3.8) is 0 Å². The molecule has 1 rings (SSSR count). The van der Waals surface area contributed by atoms with Crippen molar-refractivity contribution >= 4 is 13.8 Å². The van der Waals surface area contributed by atoms with Gasteiger partial charge in [-0.25, -0.2) is 0 Å². The molecule has 16 heavy (non-hydrogen) atoms. The Morgan fingerprint density at radius 1 is 1.62 bits per heavy atom. The zero-order valence-electron chi connectivity index (χ0n) is 9.98. The predicted octanol–water partition coefficient (Wildman–Crippen LogP) is -1.51. The van der Waals surface area contributed by atoms with Crippen molar-refractivity contribution in [3.05, 3.63) is 0 Å². The Labute approximate surface area is 97.6 Å². The van der Waals surface area contributed by atoms with Gasteiger partial charge in [0.25, 0.3) is 0 Å². The van der Waals surface area contributed by atoms with Crippen LogP contribution >= 0.6 is 0 Å². The first-order chi connectivity index (χ1) is 7.54. The number of carboxylic acids is 1. The van der Waals surface area contributed by atoms with Gasteiger partial charge in [0.1, 0.15) is 13.4 Å². The molecule has 1 aliphatic heterocycles. The minimum absolute atomic E-state index is 0.0523. The van der Waals surface area contributed by atoms with Crippen LogP contribution in [0.15, 0.2) is 0 Å². The van der Waals surface area contributed by atoms with Gasteiger partial charge in [0.05, 0.1) is 0 Å². The van der Waals surface area contributed by atoms with E-state index in [1.165, 1.54) is 0 Å². The van der Waals surface area contributed by atoms with Crippen LogP contribution in [0.5, 0.6) is 0 Å². The topological polar surface area (TPSA) is 92.6 Å². The third kappa shape index (κ3) is 2.75. The van der Waals surface area contributed by atoms with Crippen LogP contribution in [0.1, 0.15) is 12.8 Å². The Bertz CT molecular complexity index is 252. The number of carbonyl (C=O) groups is 1. The van der Waals surface area contributed by atoms with Gasteiger partial charge in [0.2, 0.25) is 0 Å². The van der Waals surface area contributed by atoms with Crippen molar-refractivity contribution in [1.82, 2.24) is 4.90 Å². The van der Waals surface area contributed by atoms with Crippen molar-refractivity contribution in [2.45, 2.75) is 24.7 Å². The molecule has 0 bridgehead atoms. The SMILES string of the molecule is BCCC[C@H]1CN(CCN)C[C@@]1(N)C(=O)O. The summed E-state index contributed by atoms with van der Waals surface area (Å²) in [6, 6.07) is 0. The lowest BCUT2D eigenvalue weighted by atomic mass is 9.83. The van der Waals surface area contributed by atoms with Crippen LogP contribution in [-0.4, -0.2) is 55.5 Å². The van der Waals surface area contributed by atoms with E-state index in [-0.39, 0.29) is 5.92 Å². The molecule has 0 aromatic heterocycles. The third-order valence-electron chi connectivity index (χ3n) is 3.44. The molecular formula is C10H22BN3O2. The molecule has 6 heteroatoms. The Kier molecular flexibility index (Phi) is 4.77. The Morgan fingerprint density at radius 3 is 2.81 bits per heavy atom. The van der Waals surface area contributed by atoms with Crippen LogP contribution in [0.3, 0.4) is 0 Å². The number of carboxylic acid groups (broad SMARTS) is 1. The lowest BCUT2D eigenvalue weighted by Gasteiger charge is -2.25. The number of nitrogens with zero attached hydrogens (tertiary/aromatic N) is 1. The Morgan fingerprint density at radius 2 is 2.31 bits per heavy atom. The zero-order valence-corrected chi connectivity index (χ0v) is 9.98. The average Bonchev–Trinajstić information content (AvgIpc) is 2.54. The summed E-state index contributed by atoms with van der Waals surface area (Å²) in [6.07, 6.45) is 3.00. The quantitative estimate of drug-likeness (QED) is 0.480. The number of rotatable bonds is 6. The minimum Gasteiger partial charge on any atom is -0.480 e. The van der Waals surface area contributed by atoms with E-state index in [4.69, 9.17) is 11.5 Å². The van der Waals surface area contributed by atoms with Gasteiger partial charge in [-0.05, 0) is 6.42 Å². The van der Waals surface area contributed by atoms with E-state index in [2.05, 4.69) is 12.7 Å². The predicted molar refractivity (Wildman–Crippen MR) is 66.1 cm³/mol. The maximum absolute atomic E-state index is 11.3. The molecule has 0 aromatic carbocycles. The fraction of sp³-hybridized carbons (Fsp3) is 0.900. The number of hydrogen-bond donors (Lipinski definition) is 3. The molecule has 1 heterocycles. The highest BCUT2D eigenvalue weighted by Gasteiger charge is 2.48. The van der Waals surface area contributed by atoms with Gasteiger partial charge >= 0.3 is 5.97 Å². The number of nitrogens with two attached hydrogens (primary N) is 2. The van der Waals surface area contributed by atoms with Crippen molar-refractivity contribution in [2.75, 3.05) is 26.2 Å². The molecule has 1 saturated heterocycles. The number of aliphatic carboxylic acids is 1. The van der Waals surface area contributed by atoms with Crippen LogP contribution in [-0.2, 0) is 4.79 Å². The average molecular weight is 227 g/mol. The van der Waals surface area contributed by atoms with E-state index in [0.717, 1.165) is 32.3 Å². The van der Waals surface area contributed by atoms with E-state index in [1.807, 2.05) is 0 Å². The third-order valence-corrected chi connectivity index (χ3v) is 3.44. The molecule has 92 valence electrons. The molecule has 0 radical (unpaired) electrons. The van der Waals surface area contributed by atoms with E-state index in [9.17, 15) is 9.90 Å². The van der Waals surface area contributed by atoms with E-state index in [0.29, 0.717) is 13.1 Å². The van der Waals surface area contributed by atoms with Crippen molar-refractivity contribution in [3.8, 4) is 0 Å². The van der Waals surface area contributed by atoms with Crippen molar-refractivity contribution < 1.29 is 9.90 Å². The second-order valence-electron chi connectivity index (χ2n) is 4.71. The van der Waals surface area contributed by atoms with Gasteiger partial charge in [0.15, 0.2) is 0 Å². The van der Waals surface area contributed by atoms with Crippen molar-refractivity contribution in [1.29, 1.82) is 0 Å². The fourth-order valence-corrected chi connectivity index (χ4v) is 2.43. The standard InChI is InChI=1S/C10H22BN3O2/c11-3-1-2-8-6-14(5-4-12)7-10(8,13)9(15)16/h8H,1-7,11-13H2,(H,15,16)/t8-,10-/m0/s1. The summed E-state index contributed by atoms with van der Waals surface area (Å²) in [4.78, 5) is 13.3. The normalized spacial score (nSPS) is 30.8. The van der Waals surface area contributed by atoms with Gasteiger partial charge in [-0.15, -0.1) is 0 Å². The highest BCUT2D eigenvalue weighted by Crippen LogP contribution is 2.29. The first kappa shape index (κ1) is 13.5. The largest absolute Gasteiger partial charge is 0.480 e. The molecule has 0 aromatic rings. The maximum Gasteiger partial charge on any atom is 0.325 e. The van der Waals surface area contributed by atoms with Crippen LogP contribution in [0.25, 0.3) is 0 Å². The first-order valence-electron chi connectivity index (χ1n) is 5.99. The lowest BCUT2D eigenvalue weighted by molar-refractivity contribution is -0.144. The minimum atomic E-state index is -1.08. The summed E-state index contributed by atoms with van der Waals surface area (Å²) in [7, 11) is 2.10. The second-order valence-corrected chi connectivity index (χ2v) is 4.71. The summed E-state index contributed by atoms with van der Waals surface area (Å²) in [5, 5.41) is 9.25. The lowest BCUT2D eigenvalue weighted by Crippen LogP contribution is -2.54. The monoisotopic (exact) mass is 227 g/mol. The van der Waals surface area contributed by atoms with E-state index >= 15 is 0 Å².